The first-order valence-electron chi connectivity index (χ1n) is 17.3. The lowest BCUT2D eigenvalue weighted by atomic mass is 9.93. The van der Waals surface area contributed by atoms with Gasteiger partial charge < -0.3 is 8.83 Å². The molecule has 9 rings (SSSR count). The van der Waals surface area contributed by atoms with Crippen LogP contribution in [0.5, 0.6) is 0 Å². The normalized spacial score (nSPS) is 12.5. The zero-order chi connectivity index (χ0) is 31.8. The van der Waals surface area contributed by atoms with Crippen LogP contribution in [0.15, 0.2) is 106 Å². The first-order valence-corrected chi connectivity index (χ1v) is 17.3. The van der Waals surface area contributed by atoms with Crippen LogP contribution in [-0.4, -0.2) is 0 Å². The monoisotopic (exact) mass is 610 g/mol. The summed E-state index contributed by atoms with van der Waals surface area (Å²) >= 11 is 0. The van der Waals surface area contributed by atoms with Crippen molar-refractivity contribution in [1.82, 2.24) is 0 Å². The molecule has 2 nitrogen and oxygen atoms in total. The van der Waals surface area contributed by atoms with Gasteiger partial charge in [0.15, 0.2) is 0 Å². The van der Waals surface area contributed by atoms with E-state index < -0.39 is 0 Å². The highest BCUT2D eigenvalue weighted by atomic mass is 16.3. The summed E-state index contributed by atoms with van der Waals surface area (Å²) in [7, 11) is 0. The Morgan fingerprint density at radius 2 is 0.830 bits per heavy atom. The summed E-state index contributed by atoms with van der Waals surface area (Å²) in [5, 5.41) is 4.85. The van der Waals surface area contributed by atoms with Crippen LogP contribution in [0.4, 0.5) is 0 Å². The van der Waals surface area contributed by atoms with Crippen LogP contribution in [0.25, 0.3) is 77.3 Å². The van der Waals surface area contributed by atoms with Gasteiger partial charge in [-0.25, -0.2) is 0 Å². The molecule has 6 aromatic carbocycles. The SMILES string of the molecule is CCc1ccc2oc3c(-c4ccc5c(c4)-c4cc(-c6cc(CC)cc7c6oc6ccc(CC)cc67)ccc4C5)cc(CC)cc3c2c1. The highest BCUT2D eigenvalue weighted by molar-refractivity contribution is 6.11. The van der Waals surface area contributed by atoms with Gasteiger partial charge in [0.25, 0.3) is 0 Å². The van der Waals surface area contributed by atoms with Crippen LogP contribution in [-0.2, 0) is 32.1 Å². The highest BCUT2D eigenvalue weighted by Crippen LogP contribution is 2.45. The van der Waals surface area contributed by atoms with Crippen molar-refractivity contribution in [3.8, 4) is 33.4 Å². The van der Waals surface area contributed by atoms with Crippen LogP contribution in [0.3, 0.4) is 0 Å². The van der Waals surface area contributed by atoms with Crippen molar-refractivity contribution in [3.63, 3.8) is 0 Å². The molecule has 0 amide bonds. The fourth-order valence-electron chi connectivity index (χ4n) is 7.75. The first kappa shape index (κ1) is 28.2. The zero-order valence-electron chi connectivity index (χ0n) is 27.6. The molecule has 0 N–H and O–H groups in total. The summed E-state index contributed by atoms with van der Waals surface area (Å²) in [5.74, 6) is 0. The molecule has 0 fully saturated rings. The summed E-state index contributed by atoms with van der Waals surface area (Å²) in [5.41, 5.74) is 19.4. The minimum Gasteiger partial charge on any atom is -0.455 e. The Bertz CT molecular complexity index is 2360. The Morgan fingerprint density at radius 3 is 1.26 bits per heavy atom. The van der Waals surface area contributed by atoms with Gasteiger partial charge in [0.2, 0.25) is 0 Å². The largest absolute Gasteiger partial charge is 0.455 e. The van der Waals surface area contributed by atoms with E-state index in [1.54, 1.807) is 0 Å². The lowest BCUT2D eigenvalue weighted by molar-refractivity contribution is 0.669. The summed E-state index contributed by atoms with van der Waals surface area (Å²) in [6, 6.07) is 36.6. The summed E-state index contributed by atoms with van der Waals surface area (Å²) in [4.78, 5) is 0. The average Bonchev–Trinajstić information content (AvgIpc) is 3.80. The van der Waals surface area contributed by atoms with Crippen LogP contribution in [0.2, 0.25) is 0 Å². The summed E-state index contributed by atoms with van der Waals surface area (Å²) in [6.07, 6.45) is 4.94. The van der Waals surface area contributed by atoms with E-state index in [1.165, 1.54) is 88.3 Å². The minimum absolute atomic E-state index is 0.953. The Labute approximate surface area is 275 Å². The second-order valence-corrected chi connectivity index (χ2v) is 13.2. The topological polar surface area (TPSA) is 26.3 Å². The van der Waals surface area contributed by atoms with Crippen LogP contribution >= 0.6 is 0 Å². The molecule has 0 saturated heterocycles. The minimum atomic E-state index is 0.953. The van der Waals surface area contributed by atoms with Crippen LogP contribution in [0, 0.1) is 0 Å². The fraction of sp³-hybridized carbons (Fsp3) is 0.200. The molecule has 47 heavy (non-hydrogen) atoms. The maximum absolute atomic E-state index is 6.59. The predicted molar refractivity (Wildman–Crippen MR) is 198 cm³/mol. The molecular formula is C45H38O2. The number of fused-ring (bicyclic) bond motifs is 9. The molecule has 0 radical (unpaired) electrons. The van der Waals surface area contributed by atoms with E-state index in [2.05, 4.69) is 125 Å². The van der Waals surface area contributed by atoms with Crippen molar-refractivity contribution in [2.24, 2.45) is 0 Å². The highest BCUT2D eigenvalue weighted by Gasteiger charge is 2.23. The third-order valence-corrected chi connectivity index (χ3v) is 10.5. The molecule has 1 aliphatic rings. The van der Waals surface area contributed by atoms with Gasteiger partial charge in [0.1, 0.15) is 22.3 Å². The van der Waals surface area contributed by atoms with Crippen molar-refractivity contribution < 1.29 is 8.83 Å². The van der Waals surface area contributed by atoms with E-state index in [0.29, 0.717) is 0 Å². The fourth-order valence-corrected chi connectivity index (χ4v) is 7.75. The van der Waals surface area contributed by atoms with Crippen molar-refractivity contribution in [3.05, 3.63) is 130 Å². The Hall–Kier alpha value is -5.08. The zero-order valence-corrected chi connectivity index (χ0v) is 27.6. The standard InChI is InChI=1S/C45H38O2/c1-5-26-9-15-42-38(17-26)40-21-28(7-3)19-36(44(40)46-42)32-13-11-30-23-31-12-14-33(25-35(31)34(30)24-32)37-20-29(8-4)22-41-39-18-27(6-2)10-16-43(39)47-45(37)41/h9-22,24-25H,5-8,23H2,1-4H3. The third kappa shape index (κ3) is 4.38. The molecule has 2 heterocycles. The van der Waals surface area contributed by atoms with E-state index in [0.717, 1.165) is 54.4 Å². The van der Waals surface area contributed by atoms with Crippen LogP contribution in [0.1, 0.15) is 61.1 Å². The van der Waals surface area contributed by atoms with E-state index in [-0.39, 0.29) is 0 Å². The van der Waals surface area contributed by atoms with E-state index >= 15 is 0 Å². The molecule has 2 aromatic heterocycles. The molecule has 0 unspecified atom stereocenters. The number of benzene rings is 6. The molecule has 1 aliphatic carbocycles. The summed E-state index contributed by atoms with van der Waals surface area (Å²) < 4.78 is 13.2. The van der Waals surface area contributed by atoms with Gasteiger partial charge in [0, 0.05) is 32.7 Å². The van der Waals surface area contributed by atoms with Gasteiger partial charge in [-0.05, 0) is 148 Å². The molecule has 0 spiro atoms. The van der Waals surface area contributed by atoms with Gasteiger partial charge in [-0.15, -0.1) is 0 Å². The molecule has 8 aromatic rings. The van der Waals surface area contributed by atoms with Gasteiger partial charge in [-0.1, -0.05) is 64.1 Å². The molecule has 0 bridgehead atoms. The molecule has 0 saturated carbocycles. The van der Waals surface area contributed by atoms with Crippen molar-refractivity contribution in [2.75, 3.05) is 0 Å². The molecular weight excluding hydrogens is 572 g/mol. The molecule has 0 aliphatic heterocycles. The quantitative estimate of drug-likeness (QED) is 0.187. The van der Waals surface area contributed by atoms with Gasteiger partial charge in [-0.2, -0.15) is 0 Å². The second-order valence-electron chi connectivity index (χ2n) is 13.2. The van der Waals surface area contributed by atoms with Gasteiger partial charge in [0.05, 0.1) is 0 Å². The predicted octanol–water partition coefficient (Wildman–Crippen LogP) is 12.6. The lowest BCUT2D eigenvalue weighted by Gasteiger charge is -2.11. The molecule has 0 atom stereocenters. The van der Waals surface area contributed by atoms with E-state index in [1.807, 2.05) is 0 Å². The second kappa shape index (κ2) is 10.7. The van der Waals surface area contributed by atoms with E-state index in [9.17, 15) is 0 Å². The molecule has 2 heteroatoms. The number of furan rings is 2. The van der Waals surface area contributed by atoms with Gasteiger partial charge >= 0.3 is 0 Å². The number of hydrogen-bond donors (Lipinski definition) is 0. The maximum atomic E-state index is 6.59. The molecule has 230 valence electrons. The maximum Gasteiger partial charge on any atom is 0.143 e. The number of aryl methyl sites for hydroxylation is 4. The van der Waals surface area contributed by atoms with Crippen molar-refractivity contribution in [1.29, 1.82) is 0 Å². The Balaban J connectivity index is 1.21. The van der Waals surface area contributed by atoms with E-state index in [4.69, 9.17) is 8.83 Å². The summed E-state index contributed by atoms with van der Waals surface area (Å²) in [6.45, 7) is 8.89. The van der Waals surface area contributed by atoms with Crippen molar-refractivity contribution in [2.45, 2.75) is 59.8 Å². The number of rotatable bonds is 6. The smallest absolute Gasteiger partial charge is 0.143 e. The first-order chi connectivity index (χ1) is 23.0. The lowest BCUT2D eigenvalue weighted by Crippen LogP contribution is -1.88. The average molecular weight is 611 g/mol. The Morgan fingerprint density at radius 1 is 0.404 bits per heavy atom. The van der Waals surface area contributed by atoms with Gasteiger partial charge in [-0.3, -0.25) is 0 Å². The third-order valence-electron chi connectivity index (χ3n) is 10.5. The number of hydrogen-bond acceptors (Lipinski definition) is 2. The van der Waals surface area contributed by atoms with Crippen molar-refractivity contribution >= 4 is 43.9 Å². The van der Waals surface area contributed by atoms with Crippen LogP contribution < -0.4 is 0 Å². The Kier molecular flexibility index (Phi) is 6.44.